The molecule has 0 aromatic heterocycles. The zero-order chi connectivity index (χ0) is 32.5. The molecule has 0 fully saturated rings. The van der Waals surface area contributed by atoms with Gasteiger partial charge in [0.15, 0.2) is 16.4 Å². The molecule has 11 nitrogen and oxygen atoms in total. The van der Waals surface area contributed by atoms with Crippen molar-refractivity contribution in [3.05, 3.63) is 74.8 Å². The monoisotopic (exact) mass is 639 g/mol. The van der Waals surface area contributed by atoms with Gasteiger partial charge in [-0.1, -0.05) is 39.8 Å². The molecule has 44 heavy (non-hydrogen) atoms. The standard InChI is InChI=1S/C31H32N2O9S2/c1-14-30(3,4)20-12-18-22(16-8-10-17(11-9-16)29(34)35)19-13-21-24(33(7)15(2)31(21,5)6)28(44(39,40)41)26(19)42-25(18)27(23(20)32-14)43(36,37)38/h8-15H,1-7H3,(H,34,35)(H,36,37,38)(H,39,40,41)/p-1. The Morgan fingerprint density at radius 3 is 2.11 bits per heavy atom. The topological polar surface area (TPSA) is 174 Å². The van der Waals surface area contributed by atoms with E-state index in [2.05, 4.69) is 4.99 Å². The lowest BCUT2D eigenvalue weighted by Gasteiger charge is -2.30. The summed E-state index contributed by atoms with van der Waals surface area (Å²) in [5, 5.41) is 9.73. The second-order valence-corrected chi connectivity index (χ2v) is 15.5. The van der Waals surface area contributed by atoms with Crippen LogP contribution >= 0.6 is 0 Å². The molecule has 3 aliphatic heterocycles. The van der Waals surface area contributed by atoms with Gasteiger partial charge in [0.25, 0.3) is 10.1 Å². The SMILES string of the molecule is CC1N=c2c(cc3c(c2S(=O)(=O)O)Oc2c(cc4c(c2S(=O)(=O)[O-])N(C)C(C)C4(C)C)C=3c2ccc(C(=O)O)cc2)C1(C)C. The third kappa shape index (κ3) is 4.06. The second-order valence-electron chi connectivity index (χ2n) is 12.8. The Bertz CT molecular complexity index is 2170. The number of carboxylic acid groups (broad SMARTS) is 1. The predicted octanol–water partition coefficient (Wildman–Crippen LogP) is 3.30. The molecule has 0 spiro atoms. The summed E-state index contributed by atoms with van der Waals surface area (Å²) in [5.74, 6) is -1.91. The molecule has 6 rings (SSSR count). The predicted molar refractivity (Wildman–Crippen MR) is 160 cm³/mol. The number of likely N-dealkylation sites (N-methyl/N-ethyl adjacent to an activating group) is 1. The van der Waals surface area contributed by atoms with Crippen molar-refractivity contribution in [3.63, 3.8) is 0 Å². The molecular formula is C31H31N2O9S2-. The van der Waals surface area contributed by atoms with Crippen LogP contribution in [-0.2, 0) is 31.1 Å². The molecule has 3 aromatic carbocycles. The van der Waals surface area contributed by atoms with Crippen LogP contribution in [0, 0.1) is 0 Å². The van der Waals surface area contributed by atoms with Gasteiger partial charge in [-0.05, 0) is 54.8 Å². The Balaban J connectivity index is 1.89. The second kappa shape index (κ2) is 9.13. The van der Waals surface area contributed by atoms with Crippen molar-refractivity contribution in [2.24, 2.45) is 4.99 Å². The number of ether oxygens (including phenoxy) is 1. The summed E-state index contributed by atoms with van der Waals surface area (Å²) in [6, 6.07) is 8.63. The number of fused-ring (bicyclic) bond motifs is 4. The van der Waals surface area contributed by atoms with E-state index in [1.165, 1.54) is 24.3 Å². The summed E-state index contributed by atoms with van der Waals surface area (Å²) in [6.45, 7) is 11.4. The van der Waals surface area contributed by atoms with Crippen molar-refractivity contribution in [1.29, 1.82) is 0 Å². The van der Waals surface area contributed by atoms with Crippen molar-refractivity contribution in [1.82, 2.24) is 0 Å². The van der Waals surface area contributed by atoms with Crippen LogP contribution in [0.15, 0.2) is 51.2 Å². The molecular weight excluding hydrogens is 608 g/mol. The van der Waals surface area contributed by atoms with Crippen LogP contribution in [0.1, 0.15) is 74.2 Å². The highest BCUT2D eigenvalue weighted by molar-refractivity contribution is 7.86. The Kier molecular flexibility index (Phi) is 6.28. The summed E-state index contributed by atoms with van der Waals surface area (Å²) in [6.07, 6.45) is 0. The summed E-state index contributed by atoms with van der Waals surface area (Å²) in [5.41, 5.74) is 0.898. The van der Waals surface area contributed by atoms with Crippen molar-refractivity contribution < 1.29 is 40.6 Å². The van der Waals surface area contributed by atoms with Crippen molar-refractivity contribution in [3.8, 4) is 11.5 Å². The Labute approximate surface area is 255 Å². The molecule has 13 heteroatoms. The summed E-state index contributed by atoms with van der Waals surface area (Å²) in [7, 11) is -8.58. The summed E-state index contributed by atoms with van der Waals surface area (Å²) >= 11 is 0. The molecule has 2 N–H and O–H groups in total. The van der Waals surface area contributed by atoms with Crippen LogP contribution in [0.5, 0.6) is 11.5 Å². The number of carbonyl (C=O) groups is 1. The molecule has 0 saturated carbocycles. The number of carboxylic acids is 1. The van der Waals surface area contributed by atoms with E-state index in [0.29, 0.717) is 22.3 Å². The quantitative estimate of drug-likeness (QED) is 0.315. The molecule has 2 unspecified atom stereocenters. The Morgan fingerprint density at radius 1 is 0.955 bits per heavy atom. The number of nitrogens with zero attached hydrogens (tertiary/aromatic N) is 2. The van der Waals surface area contributed by atoms with E-state index in [4.69, 9.17) is 4.74 Å². The third-order valence-electron chi connectivity index (χ3n) is 9.82. The largest absolute Gasteiger partial charge is 0.744 e. The molecule has 3 aliphatic rings. The van der Waals surface area contributed by atoms with Gasteiger partial charge in [-0.25, -0.2) is 13.2 Å². The molecule has 3 heterocycles. The minimum atomic E-state index is -5.23. The lowest BCUT2D eigenvalue weighted by atomic mass is 9.78. The minimum absolute atomic E-state index is 0.00319. The zero-order valence-electron chi connectivity index (χ0n) is 25.1. The van der Waals surface area contributed by atoms with Crippen LogP contribution in [0.4, 0.5) is 5.69 Å². The Hall–Kier alpha value is -3.78. The highest BCUT2D eigenvalue weighted by Crippen LogP contribution is 2.54. The van der Waals surface area contributed by atoms with Gasteiger partial charge < -0.3 is 19.3 Å². The van der Waals surface area contributed by atoms with Crippen LogP contribution in [0.3, 0.4) is 0 Å². The maximum Gasteiger partial charge on any atom is 0.335 e. The molecule has 3 aromatic rings. The molecule has 0 amide bonds. The van der Waals surface area contributed by atoms with Gasteiger partial charge in [-0.2, -0.15) is 8.42 Å². The number of aromatic carboxylic acids is 1. The van der Waals surface area contributed by atoms with Crippen LogP contribution < -0.4 is 20.2 Å². The van der Waals surface area contributed by atoms with Crippen molar-refractivity contribution in [2.75, 3.05) is 11.9 Å². The average molecular weight is 640 g/mol. The van der Waals surface area contributed by atoms with Crippen LogP contribution in [-0.4, -0.2) is 56.1 Å². The van der Waals surface area contributed by atoms with Gasteiger partial charge in [-0.15, -0.1) is 0 Å². The fourth-order valence-corrected chi connectivity index (χ4v) is 8.25. The number of rotatable bonds is 4. The van der Waals surface area contributed by atoms with Crippen LogP contribution in [0.2, 0.25) is 0 Å². The van der Waals surface area contributed by atoms with Gasteiger partial charge in [-0.3, -0.25) is 9.55 Å². The smallest absolute Gasteiger partial charge is 0.335 e. The first-order valence-electron chi connectivity index (χ1n) is 13.9. The summed E-state index contributed by atoms with van der Waals surface area (Å²) < 4.78 is 82.1. The first kappa shape index (κ1) is 30.3. The summed E-state index contributed by atoms with van der Waals surface area (Å²) in [4.78, 5) is 16.6. The fraction of sp³-hybridized carbons (Fsp3) is 0.355. The molecule has 232 valence electrons. The van der Waals surface area contributed by atoms with Crippen LogP contribution in [0.25, 0.3) is 5.57 Å². The van der Waals surface area contributed by atoms with Crippen molar-refractivity contribution >= 4 is 37.5 Å². The van der Waals surface area contributed by atoms with Gasteiger partial charge in [0, 0.05) is 40.3 Å². The fourth-order valence-electron chi connectivity index (χ4n) is 6.59. The molecule has 2 atom stereocenters. The van der Waals surface area contributed by atoms with E-state index in [1.807, 2.05) is 41.5 Å². The highest BCUT2D eigenvalue weighted by Gasteiger charge is 2.46. The molecule has 0 saturated heterocycles. The van der Waals surface area contributed by atoms with Gasteiger partial charge in [0.1, 0.15) is 15.0 Å². The Morgan fingerprint density at radius 2 is 1.57 bits per heavy atom. The maximum absolute atomic E-state index is 13.1. The van der Waals surface area contributed by atoms with E-state index in [9.17, 15) is 35.8 Å². The van der Waals surface area contributed by atoms with Gasteiger partial charge >= 0.3 is 5.97 Å². The molecule has 0 bridgehead atoms. The lowest BCUT2D eigenvalue weighted by Crippen LogP contribution is -2.36. The van der Waals surface area contributed by atoms with E-state index < -0.39 is 46.8 Å². The van der Waals surface area contributed by atoms with E-state index in [1.54, 1.807) is 24.1 Å². The third-order valence-corrected chi connectivity index (χ3v) is 11.6. The maximum atomic E-state index is 13.1. The van der Waals surface area contributed by atoms with Crippen molar-refractivity contribution in [2.45, 2.75) is 74.2 Å². The first-order valence-corrected chi connectivity index (χ1v) is 16.7. The normalized spacial score (nSPS) is 21.1. The molecule has 0 radical (unpaired) electrons. The lowest BCUT2D eigenvalue weighted by molar-refractivity contribution is 0.0696. The van der Waals surface area contributed by atoms with Gasteiger partial charge in [0.2, 0.25) is 0 Å². The minimum Gasteiger partial charge on any atom is -0.744 e. The van der Waals surface area contributed by atoms with E-state index in [-0.39, 0.29) is 51.0 Å². The first-order chi connectivity index (χ1) is 20.2. The number of benzene rings is 3. The van der Waals surface area contributed by atoms with E-state index in [0.717, 1.165) is 0 Å². The highest BCUT2D eigenvalue weighted by atomic mass is 32.2. The van der Waals surface area contributed by atoms with E-state index >= 15 is 0 Å². The number of hydrogen-bond acceptors (Lipinski definition) is 9. The average Bonchev–Trinajstić information content (AvgIpc) is 3.23. The zero-order valence-corrected chi connectivity index (χ0v) is 26.7. The number of hydrogen-bond donors (Lipinski definition) is 2. The van der Waals surface area contributed by atoms with Gasteiger partial charge in [0.05, 0.1) is 22.6 Å². The number of anilines is 1. The molecule has 0 aliphatic carbocycles.